The summed E-state index contributed by atoms with van der Waals surface area (Å²) in [7, 11) is 4.38. The molecule has 2 aromatic rings. The van der Waals surface area contributed by atoms with Crippen LogP contribution in [0.5, 0.6) is 17.2 Å². The van der Waals surface area contributed by atoms with Crippen LogP contribution in [0.15, 0.2) is 30.3 Å². The fraction of sp³-hybridized carbons (Fsp3) is 0.391. The van der Waals surface area contributed by atoms with E-state index in [4.69, 9.17) is 18.9 Å². The summed E-state index contributed by atoms with van der Waals surface area (Å²) < 4.78 is 21.1. The number of hydrogen-bond acceptors (Lipinski definition) is 6. The van der Waals surface area contributed by atoms with Gasteiger partial charge in [0.15, 0.2) is 17.6 Å². The van der Waals surface area contributed by atoms with E-state index in [1.807, 2.05) is 25.1 Å². The normalized spacial score (nSPS) is 11.6. The molecule has 162 valence electrons. The lowest BCUT2D eigenvalue weighted by atomic mass is 9.98. The van der Waals surface area contributed by atoms with E-state index in [1.165, 1.54) is 40.4 Å². The molecule has 30 heavy (non-hydrogen) atoms. The molecular formula is C23H29NO6. The van der Waals surface area contributed by atoms with Gasteiger partial charge in [0.2, 0.25) is 0 Å². The highest BCUT2D eigenvalue weighted by atomic mass is 16.6. The molecule has 1 N–H and O–H groups in total. The Balaban J connectivity index is 2.21. The second-order valence-corrected chi connectivity index (χ2v) is 7.14. The number of carbonyl (C=O) groups is 2. The van der Waals surface area contributed by atoms with E-state index in [9.17, 15) is 9.59 Å². The molecule has 2 aromatic carbocycles. The lowest BCUT2D eigenvalue weighted by molar-refractivity contribution is -0.123. The molecule has 0 radical (unpaired) electrons. The van der Waals surface area contributed by atoms with Crippen LogP contribution in [0, 0.1) is 6.92 Å². The first-order chi connectivity index (χ1) is 14.2. The van der Waals surface area contributed by atoms with E-state index in [0.717, 1.165) is 16.8 Å². The molecule has 0 bridgehead atoms. The third-order valence-electron chi connectivity index (χ3n) is 4.75. The van der Waals surface area contributed by atoms with Gasteiger partial charge in [0, 0.05) is 17.8 Å². The summed E-state index contributed by atoms with van der Waals surface area (Å²) in [6.07, 6.45) is -1.02. The topological polar surface area (TPSA) is 83.1 Å². The van der Waals surface area contributed by atoms with Gasteiger partial charge in [-0.1, -0.05) is 32.0 Å². The van der Waals surface area contributed by atoms with Crippen LogP contribution in [0.2, 0.25) is 0 Å². The summed E-state index contributed by atoms with van der Waals surface area (Å²) in [6.45, 7) is 7.55. The Labute approximate surface area is 177 Å². The molecule has 0 saturated carbocycles. The molecule has 0 aliphatic heterocycles. The van der Waals surface area contributed by atoms with Gasteiger partial charge in [0.25, 0.3) is 5.91 Å². The van der Waals surface area contributed by atoms with Crippen molar-refractivity contribution in [3.8, 4) is 17.2 Å². The molecule has 1 atom stereocenters. The Kier molecular flexibility index (Phi) is 7.69. The Morgan fingerprint density at radius 1 is 0.900 bits per heavy atom. The quantitative estimate of drug-likeness (QED) is 0.646. The summed E-state index contributed by atoms with van der Waals surface area (Å²) >= 11 is 0. The maximum Gasteiger partial charge on any atom is 0.342 e. The molecule has 0 fully saturated rings. The van der Waals surface area contributed by atoms with Gasteiger partial charge < -0.3 is 24.3 Å². The Hall–Kier alpha value is -3.22. The van der Waals surface area contributed by atoms with Gasteiger partial charge in [-0.05, 0) is 30.9 Å². The number of aryl methyl sites for hydroxylation is 1. The zero-order valence-electron chi connectivity index (χ0n) is 18.5. The molecule has 1 amide bonds. The zero-order chi connectivity index (χ0) is 22.4. The number of nitrogens with one attached hydrogen (secondary N) is 1. The SMILES string of the molecule is COc1cc(OC)c(C(=O)OC(C)C(=O)Nc2c(C)cccc2C(C)C)cc1OC. The first-order valence-corrected chi connectivity index (χ1v) is 9.64. The first kappa shape index (κ1) is 23.1. The van der Waals surface area contributed by atoms with E-state index >= 15 is 0 Å². The zero-order valence-corrected chi connectivity index (χ0v) is 18.5. The van der Waals surface area contributed by atoms with Crippen LogP contribution in [-0.4, -0.2) is 39.3 Å². The number of amides is 1. The third kappa shape index (κ3) is 5.03. The maximum atomic E-state index is 12.7. The van der Waals surface area contributed by atoms with Crippen molar-refractivity contribution in [2.75, 3.05) is 26.6 Å². The summed E-state index contributed by atoms with van der Waals surface area (Å²) in [5.74, 6) is 0.130. The predicted molar refractivity (Wildman–Crippen MR) is 115 cm³/mol. The standard InChI is InChI=1S/C23H29NO6/c1-13(2)16-10-8-9-14(3)21(16)24-22(25)15(4)30-23(26)17-11-19(28-6)20(29-7)12-18(17)27-5/h8-13,15H,1-7H3,(H,24,25). The molecule has 0 saturated heterocycles. The van der Waals surface area contributed by atoms with Crippen LogP contribution in [0.1, 0.15) is 48.2 Å². The van der Waals surface area contributed by atoms with Gasteiger partial charge in [0.05, 0.1) is 21.3 Å². The predicted octanol–water partition coefficient (Wildman–Crippen LogP) is 4.33. The van der Waals surface area contributed by atoms with Crippen LogP contribution in [0.4, 0.5) is 5.69 Å². The van der Waals surface area contributed by atoms with Gasteiger partial charge in [-0.2, -0.15) is 0 Å². The molecule has 1 unspecified atom stereocenters. The highest BCUT2D eigenvalue weighted by Crippen LogP contribution is 2.35. The number of rotatable bonds is 8. The lowest BCUT2D eigenvalue weighted by Gasteiger charge is -2.19. The van der Waals surface area contributed by atoms with E-state index < -0.39 is 18.0 Å². The van der Waals surface area contributed by atoms with Gasteiger partial charge in [-0.3, -0.25) is 4.79 Å². The molecule has 0 spiro atoms. The van der Waals surface area contributed by atoms with E-state index in [0.29, 0.717) is 11.5 Å². The lowest BCUT2D eigenvalue weighted by Crippen LogP contribution is -2.30. The van der Waals surface area contributed by atoms with Crippen molar-refractivity contribution in [2.24, 2.45) is 0 Å². The van der Waals surface area contributed by atoms with E-state index in [2.05, 4.69) is 19.2 Å². The Morgan fingerprint density at radius 3 is 2.07 bits per heavy atom. The molecule has 7 heteroatoms. The van der Waals surface area contributed by atoms with Crippen molar-refractivity contribution in [3.05, 3.63) is 47.0 Å². The Morgan fingerprint density at radius 2 is 1.50 bits per heavy atom. The highest BCUT2D eigenvalue weighted by Gasteiger charge is 2.24. The first-order valence-electron chi connectivity index (χ1n) is 9.64. The summed E-state index contributed by atoms with van der Waals surface area (Å²) in [4.78, 5) is 25.4. The van der Waals surface area contributed by atoms with Crippen molar-refractivity contribution in [1.82, 2.24) is 0 Å². The summed E-state index contributed by atoms with van der Waals surface area (Å²) in [6, 6.07) is 8.84. The average molecular weight is 415 g/mol. The number of benzene rings is 2. The van der Waals surface area contributed by atoms with Crippen molar-refractivity contribution >= 4 is 17.6 Å². The number of methoxy groups -OCH3 is 3. The molecular weight excluding hydrogens is 386 g/mol. The minimum Gasteiger partial charge on any atom is -0.496 e. The second kappa shape index (κ2) is 10.0. The molecule has 0 aliphatic carbocycles. The van der Waals surface area contributed by atoms with Gasteiger partial charge >= 0.3 is 5.97 Å². The van der Waals surface area contributed by atoms with E-state index in [1.54, 1.807) is 0 Å². The monoisotopic (exact) mass is 415 g/mol. The fourth-order valence-corrected chi connectivity index (χ4v) is 3.03. The molecule has 0 aliphatic rings. The number of carbonyl (C=O) groups excluding carboxylic acids is 2. The third-order valence-corrected chi connectivity index (χ3v) is 4.75. The van der Waals surface area contributed by atoms with Crippen molar-refractivity contribution in [1.29, 1.82) is 0 Å². The number of esters is 1. The number of anilines is 1. The van der Waals surface area contributed by atoms with E-state index in [-0.39, 0.29) is 17.2 Å². The smallest absolute Gasteiger partial charge is 0.342 e. The Bertz CT molecular complexity index is 922. The molecule has 7 nitrogen and oxygen atoms in total. The molecule has 0 heterocycles. The van der Waals surface area contributed by atoms with Gasteiger partial charge in [-0.15, -0.1) is 0 Å². The van der Waals surface area contributed by atoms with Crippen molar-refractivity contribution in [2.45, 2.75) is 39.7 Å². The minimum absolute atomic E-state index is 0.133. The van der Waals surface area contributed by atoms with Crippen LogP contribution < -0.4 is 19.5 Å². The summed E-state index contributed by atoms with van der Waals surface area (Å²) in [5.41, 5.74) is 2.83. The van der Waals surface area contributed by atoms with Crippen molar-refractivity contribution < 1.29 is 28.5 Å². The number of para-hydroxylation sites is 1. The minimum atomic E-state index is -1.02. The van der Waals surface area contributed by atoms with Gasteiger partial charge in [0.1, 0.15) is 11.3 Å². The van der Waals surface area contributed by atoms with Crippen LogP contribution >= 0.6 is 0 Å². The highest BCUT2D eigenvalue weighted by molar-refractivity contribution is 5.99. The summed E-state index contributed by atoms with van der Waals surface area (Å²) in [5, 5.41) is 2.89. The van der Waals surface area contributed by atoms with Crippen molar-refractivity contribution in [3.63, 3.8) is 0 Å². The molecule has 2 rings (SSSR count). The van der Waals surface area contributed by atoms with Crippen LogP contribution in [-0.2, 0) is 9.53 Å². The molecule has 0 aromatic heterocycles. The van der Waals surface area contributed by atoms with Crippen LogP contribution in [0.25, 0.3) is 0 Å². The number of hydrogen-bond donors (Lipinski definition) is 1. The largest absolute Gasteiger partial charge is 0.496 e. The maximum absolute atomic E-state index is 12.7. The van der Waals surface area contributed by atoms with Crippen LogP contribution in [0.3, 0.4) is 0 Å². The second-order valence-electron chi connectivity index (χ2n) is 7.14. The number of ether oxygens (including phenoxy) is 4. The van der Waals surface area contributed by atoms with Gasteiger partial charge in [-0.25, -0.2) is 4.79 Å². The fourth-order valence-electron chi connectivity index (χ4n) is 3.03. The average Bonchev–Trinajstić information content (AvgIpc) is 2.73.